The second-order valence-electron chi connectivity index (χ2n) is 3.98. The molecule has 0 aliphatic carbocycles. The number of aryl methyl sites for hydroxylation is 1. The third-order valence-electron chi connectivity index (χ3n) is 2.63. The van der Waals surface area contributed by atoms with Crippen LogP contribution in [-0.2, 0) is 6.42 Å². The van der Waals surface area contributed by atoms with E-state index in [0.717, 1.165) is 10.4 Å². The zero-order valence-electron chi connectivity index (χ0n) is 9.51. The van der Waals surface area contributed by atoms with Crippen LogP contribution in [0.5, 0.6) is 0 Å². The number of hydrogen-bond acceptors (Lipinski definition) is 1. The van der Waals surface area contributed by atoms with Gasteiger partial charge in [-0.25, -0.2) is 8.78 Å². The number of thiophene rings is 1. The van der Waals surface area contributed by atoms with Gasteiger partial charge in [0.15, 0.2) is 0 Å². The molecule has 1 aromatic carbocycles. The molecule has 0 amide bonds. The molecule has 96 valence electrons. The molecule has 2 aromatic rings. The van der Waals surface area contributed by atoms with E-state index in [1.54, 1.807) is 0 Å². The summed E-state index contributed by atoms with van der Waals surface area (Å²) in [6, 6.07) is 5.84. The van der Waals surface area contributed by atoms with Gasteiger partial charge in [0.1, 0.15) is 11.6 Å². The summed E-state index contributed by atoms with van der Waals surface area (Å²) in [5.41, 5.74) is 1.08. The van der Waals surface area contributed by atoms with E-state index in [2.05, 4.69) is 15.9 Å². The summed E-state index contributed by atoms with van der Waals surface area (Å²) in [4.78, 5) is 0.834. The lowest BCUT2D eigenvalue weighted by Gasteiger charge is -2.09. The summed E-state index contributed by atoms with van der Waals surface area (Å²) >= 11 is 10.9. The minimum Gasteiger partial charge on any atom is -0.207 e. The van der Waals surface area contributed by atoms with Crippen LogP contribution in [0.1, 0.15) is 20.8 Å². The van der Waals surface area contributed by atoms with Gasteiger partial charge in [0.05, 0.1) is 9.16 Å². The molecule has 0 saturated heterocycles. The van der Waals surface area contributed by atoms with Crippen LogP contribution in [-0.4, -0.2) is 0 Å². The lowest BCUT2D eigenvalue weighted by atomic mass is 10.1. The highest BCUT2D eigenvalue weighted by Crippen LogP contribution is 2.37. The van der Waals surface area contributed by atoms with Crippen LogP contribution in [0.3, 0.4) is 0 Å². The summed E-state index contributed by atoms with van der Waals surface area (Å²) in [6.45, 7) is 1.91. The maximum Gasteiger partial charge on any atom is 0.129 e. The fraction of sp³-hybridized carbons (Fsp3) is 0.231. The van der Waals surface area contributed by atoms with Gasteiger partial charge in [-0.1, -0.05) is 33.6 Å². The van der Waals surface area contributed by atoms with Crippen LogP contribution in [0.15, 0.2) is 24.3 Å². The molecule has 0 aliphatic heterocycles. The van der Waals surface area contributed by atoms with Gasteiger partial charge >= 0.3 is 0 Å². The molecule has 1 atom stereocenters. The van der Waals surface area contributed by atoms with Crippen LogP contribution in [0, 0.1) is 18.6 Å². The van der Waals surface area contributed by atoms with E-state index in [1.807, 2.05) is 13.0 Å². The van der Waals surface area contributed by atoms with Crippen molar-refractivity contribution < 1.29 is 8.78 Å². The summed E-state index contributed by atoms with van der Waals surface area (Å²) in [7, 11) is 0. The maximum absolute atomic E-state index is 13.5. The third kappa shape index (κ3) is 2.92. The van der Waals surface area contributed by atoms with Gasteiger partial charge in [-0.2, -0.15) is 0 Å². The fourth-order valence-corrected chi connectivity index (χ4v) is 3.58. The highest BCUT2D eigenvalue weighted by molar-refractivity contribution is 9.09. The SMILES string of the molecule is Cc1cc(C(Br)Cc2c(F)cccc2F)sc1Cl. The summed E-state index contributed by atoms with van der Waals surface area (Å²) in [5.74, 6) is -1.03. The number of benzene rings is 1. The second-order valence-corrected chi connectivity index (χ2v) is 6.77. The predicted molar refractivity (Wildman–Crippen MR) is 75.8 cm³/mol. The summed E-state index contributed by atoms with van der Waals surface area (Å²) in [5, 5.41) is 0. The Hall–Kier alpha value is -0.450. The molecule has 18 heavy (non-hydrogen) atoms. The van der Waals surface area contributed by atoms with E-state index < -0.39 is 11.6 Å². The molecule has 1 heterocycles. The van der Waals surface area contributed by atoms with E-state index in [1.165, 1.54) is 29.5 Å². The fourth-order valence-electron chi connectivity index (χ4n) is 1.65. The molecular formula is C13H10BrClF2S. The van der Waals surface area contributed by atoms with Crippen molar-refractivity contribution in [2.75, 3.05) is 0 Å². The quantitative estimate of drug-likeness (QED) is 0.625. The normalized spacial score (nSPS) is 12.7. The average molecular weight is 352 g/mol. The molecule has 2 rings (SSSR count). The first kappa shape index (κ1) is 14.0. The molecule has 0 spiro atoms. The van der Waals surface area contributed by atoms with Crippen molar-refractivity contribution in [1.82, 2.24) is 0 Å². The van der Waals surface area contributed by atoms with Crippen LogP contribution in [0.25, 0.3) is 0 Å². The Morgan fingerprint density at radius 2 is 1.94 bits per heavy atom. The van der Waals surface area contributed by atoms with Gasteiger partial charge in [-0.05, 0) is 37.1 Å². The molecular weight excluding hydrogens is 342 g/mol. The molecule has 0 bridgehead atoms. The highest BCUT2D eigenvalue weighted by Gasteiger charge is 2.17. The van der Waals surface area contributed by atoms with Gasteiger partial charge < -0.3 is 0 Å². The topological polar surface area (TPSA) is 0 Å². The Kier molecular flexibility index (Phi) is 4.41. The van der Waals surface area contributed by atoms with Crippen LogP contribution < -0.4 is 0 Å². The minimum absolute atomic E-state index is 0.0987. The van der Waals surface area contributed by atoms with E-state index in [0.29, 0.717) is 4.34 Å². The van der Waals surface area contributed by atoms with Crippen molar-refractivity contribution in [2.45, 2.75) is 18.2 Å². The number of hydrogen-bond donors (Lipinski definition) is 0. The maximum atomic E-state index is 13.5. The number of alkyl halides is 1. The second kappa shape index (κ2) is 5.68. The zero-order valence-corrected chi connectivity index (χ0v) is 12.7. The molecule has 0 nitrogen and oxygen atoms in total. The summed E-state index contributed by atoms with van der Waals surface area (Å²) in [6.07, 6.45) is 0.259. The Balaban J connectivity index is 2.23. The minimum atomic E-state index is -0.515. The van der Waals surface area contributed by atoms with Crippen molar-refractivity contribution in [3.05, 3.63) is 56.2 Å². The Morgan fingerprint density at radius 1 is 1.33 bits per heavy atom. The monoisotopic (exact) mass is 350 g/mol. The van der Waals surface area contributed by atoms with Crippen molar-refractivity contribution in [1.29, 1.82) is 0 Å². The summed E-state index contributed by atoms with van der Waals surface area (Å²) < 4.78 is 27.8. The van der Waals surface area contributed by atoms with Gasteiger partial charge in [0.25, 0.3) is 0 Å². The predicted octanol–water partition coefficient (Wildman–Crippen LogP) is 5.67. The molecule has 1 aromatic heterocycles. The molecule has 0 aliphatic rings. The largest absolute Gasteiger partial charge is 0.207 e. The first-order chi connectivity index (χ1) is 8.49. The molecule has 1 unspecified atom stereocenters. The number of rotatable bonds is 3. The van der Waals surface area contributed by atoms with Crippen molar-refractivity contribution in [2.24, 2.45) is 0 Å². The lowest BCUT2D eigenvalue weighted by molar-refractivity contribution is 0.554. The molecule has 0 radical (unpaired) electrons. The first-order valence-corrected chi connectivity index (χ1v) is 7.43. The molecule has 5 heteroatoms. The Bertz CT molecular complexity index is 528. The standard InChI is InChI=1S/C13H10BrClF2S/c1-7-5-12(18-13(7)15)9(14)6-8-10(16)3-2-4-11(8)17/h2-5,9H,6H2,1H3. The average Bonchev–Trinajstić information content (AvgIpc) is 2.64. The lowest BCUT2D eigenvalue weighted by Crippen LogP contribution is -1.99. The smallest absolute Gasteiger partial charge is 0.129 e. The molecule has 0 N–H and O–H groups in total. The van der Waals surface area contributed by atoms with E-state index in [-0.39, 0.29) is 16.8 Å². The Morgan fingerprint density at radius 3 is 2.44 bits per heavy atom. The van der Waals surface area contributed by atoms with Gasteiger partial charge in [-0.15, -0.1) is 11.3 Å². The van der Waals surface area contributed by atoms with Crippen molar-refractivity contribution in [3.63, 3.8) is 0 Å². The molecule has 0 fully saturated rings. The van der Waals surface area contributed by atoms with Crippen molar-refractivity contribution in [3.8, 4) is 0 Å². The van der Waals surface area contributed by atoms with E-state index in [4.69, 9.17) is 11.6 Å². The van der Waals surface area contributed by atoms with Crippen molar-refractivity contribution >= 4 is 38.9 Å². The number of halogens is 4. The van der Waals surface area contributed by atoms with E-state index in [9.17, 15) is 8.78 Å². The van der Waals surface area contributed by atoms with Crippen LogP contribution in [0.4, 0.5) is 8.78 Å². The Labute approximate surface area is 122 Å². The van der Waals surface area contributed by atoms with E-state index >= 15 is 0 Å². The zero-order chi connectivity index (χ0) is 13.3. The van der Waals surface area contributed by atoms with Gasteiger partial charge in [-0.3, -0.25) is 0 Å². The first-order valence-electron chi connectivity index (χ1n) is 5.32. The third-order valence-corrected chi connectivity index (χ3v) is 5.42. The highest BCUT2D eigenvalue weighted by atomic mass is 79.9. The van der Waals surface area contributed by atoms with Crippen LogP contribution >= 0.6 is 38.9 Å². The molecule has 0 saturated carbocycles. The van der Waals surface area contributed by atoms with Gasteiger partial charge in [0.2, 0.25) is 0 Å². The van der Waals surface area contributed by atoms with Gasteiger partial charge in [0, 0.05) is 10.4 Å². The van der Waals surface area contributed by atoms with Crippen LogP contribution in [0.2, 0.25) is 4.34 Å².